The number of amides is 2. The zero-order chi connectivity index (χ0) is 14.5. The van der Waals surface area contributed by atoms with E-state index in [-0.39, 0.29) is 11.4 Å². The number of carboxylic acid groups (broad SMARTS) is 1. The fourth-order valence-corrected chi connectivity index (χ4v) is 1.44. The van der Waals surface area contributed by atoms with Gasteiger partial charge in [-0.15, -0.1) is 0 Å². The van der Waals surface area contributed by atoms with Gasteiger partial charge in [-0.05, 0) is 30.3 Å². The number of hydrogen-bond acceptors (Lipinski definition) is 3. The predicted molar refractivity (Wildman–Crippen MR) is 70.2 cm³/mol. The molecule has 2 amide bonds. The summed E-state index contributed by atoms with van der Waals surface area (Å²) in [7, 11) is 0. The van der Waals surface area contributed by atoms with Gasteiger partial charge in [-0.3, -0.25) is 5.32 Å². The fraction of sp³-hybridized carbons (Fsp3) is 0. The first kappa shape index (κ1) is 13.5. The highest BCUT2D eigenvalue weighted by atomic mass is 19.1. The van der Waals surface area contributed by atoms with Crippen molar-refractivity contribution in [3.63, 3.8) is 0 Å². The molecule has 2 rings (SSSR count). The van der Waals surface area contributed by atoms with Crippen molar-refractivity contribution in [2.45, 2.75) is 0 Å². The molecule has 2 aromatic rings. The molecule has 0 bridgehead atoms. The highest BCUT2D eigenvalue weighted by Crippen LogP contribution is 2.10. The Morgan fingerprint density at radius 2 is 1.95 bits per heavy atom. The van der Waals surface area contributed by atoms with Crippen molar-refractivity contribution in [3.8, 4) is 0 Å². The number of urea groups is 1. The van der Waals surface area contributed by atoms with Crippen LogP contribution in [0.2, 0.25) is 0 Å². The molecule has 0 aliphatic rings. The number of carbonyl (C=O) groups is 2. The van der Waals surface area contributed by atoms with Crippen LogP contribution in [-0.4, -0.2) is 22.1 Å². The number of anilines is 2. The van der Waals surface area contributed by atoms with Crippen LogP contribution in [0.5, 0.6) is 0 Å². The SMILES string of the molecule is O=C(Nc1cccc(F)c1)Nc1ccc(C(=O)O)cn1. The largest absolute Gasteiger partial charge is 0.478 e. The quantitative estimate of drug-likeness (QED) is 0.802. The van der Waals surface area contributed by atoms with Crippen molar-refractivity contribution >= 4 is 23.5 Å². The maximum Gasteiger partial charge on any atom is 0.337 e. The number of rotatable bonds is 3. The number of aromatic nitrogens is 1. The average Bonchev–Trinajstić information content (AvgIpc) is 2.39. The fourth-order valence-electron chi connectivity index (χ4n) is 1.44. The van der Waals surface area contributed by atoms with Gasteiger partial charge in [0.1, 0.15) is 11.6 Å². The maximum atomic E-state index is 12.9. The monoisotopic (exact) mass is 275 g/mol. The highest BCUT2D eigenvalue weighted by molar-refractivity contribution is 5.99. The Labute approximate surface area is 113 Å². The highest BCUT2D eigenvalue weighted by Gasteiger charge is 2.06. The molecule has 102 valence electrons. The van der Waals surface area contributed by atoms with Gasteiger partial charge in [-0.25, -0.2) is 19.0 Å². The standard InChI is InChI=1S/C13H10FN3O3/c14-9-2-1-3-10(6-9)16-13(20)17-11-5-4-8(7-15-11)12(18)19/h1-7H,(H,18,19)(H2,15,16,17,20). The first-order valence-electron chi connectivity index (χ1n) is 5.57. The lowest BCUT2D eigenvalue weighted by Gasteiger charge is -2.07. The van der Waals surface area contributed by atoms with E-state index >= 15 is 0 Å². The minimum absolute atomic E-state index is 0.0149. The predicted octanol–water partition coefficient (Wildman–Crippen LogP) is 2.56. The van der Waals surface area contributed by atoms with Gasteiger partial charge in [0.2, 0.25) is 0 Å². The van der Waals surface area contributed by atoms with Crippen molar-refractivity contribution < 1.29 is 19.1 Å². The number of hydrogen-bond donors (Lipinski definition) is 3. The zero-order valence-corrected chi connectivity index (χ0v) is 10.1. The van der Waals surface area contributed by atoms with Gasteiger partial charge in [0, 0.05) is 11.9 Å². The molecule has 0 saturated carbocycles. The first-order chi connectivity index (χ1) is 9.54. The lowest BCUT2D eigenvalue weighted by Crippen LogP contribution is -2.20. The molecule has 0 radical (unpaired) electrons. The topological polar surface area (TPSA) is 91.3 Å². The van der Waals surface area contributed by atoms with Crippen LogP contribution in [0.4, 0.5) is 20.7 Å². The third-order valence-electron chi connectivity index (χ3n) is 2.33. The first-order valence-corrected chi connectivity index (χ1v) is 5.57. The lowest BCUT2D eigenvalue weighted by molar-refractivity contribution is 0.0696. The van der Waals surface area contributed by atoms with E-state index in [9.17, 15) is 14.0 Å². The second-order valence-corrected chi connectivity index (χ2v) is 3.83. The number of halogens is 1. The molecule has 3 N–H and O–H groups in total. The number of nitrogens with one attached hydrogen (secondary N) is 2. The van der Waals surface area contributed by atoms with Crippen LogP contribution < -0.4 is 10.6 Å². The number of nitrogens with zero attached hydrogens (tertiary/aromatic N) is 1. The minimum Gasteiger partial charge on any atom is -0.478 e. The van der Waals surface area contributed by atoms with E-state index in [4.69, 9.17) is 5.11 Å². The second-order valence-electron chi connectivity index (χ2n) is 3.83. The molecule has 20 heavy (non-hydrogen) atoms. The summed E-state index contributed by atoms with van der Waals surface area (Å²) in [6.45, 7) is 0. The van der Waals surface area contributed by atoms with E-state index in [2.05, 4.69) is 15.6 Å². The molecule has 0 aliphatic carbocycles. The van der Waals surface area contributed by atoms with Crippen molar-refractivity contribution in [1.82, 2.24) is 4.98 Å². The normalized spacial score (nSPS) is 9.85. The number of carboxylic acids is 1. The van der Waals surface area contributed by atoms with Crippen LogP contribution in [0.15, 0.2) is 42.6 Å². The summed E-state index contributed by atoms with van der Waals surface area (Å²) in [5, 5.41) is 13.5. The molecule has 7 heteroatoms. The maximum absolute atomic E-state index is 12.9. The van der Waals surface area contributed by atoms with Gasteiger partial charge in [-0.1, -0.05) is 6.07 Å². The van der Waals surface area contributed by atoms with Crippen molar-refractivity contribution in [3.05, 3.63) is 54.0 Å². The van der Waals surface area contributed by atoms with Gasteiger partial charge in [-0.2, -0.15) is 0 Å². The van der Waals surface area contributed by atoms with Crippen LogP contribution in [0.3, 0.4) is 0 Å². The summed E-state index contributed by atoms with van der Waals surface area (Å²) in [4.78, 5) is 26.0. The number of pyridine rings is 1. The third-order valence-corrected chi connectivity index (χ3v) is 2.33. The van der Waals surface area contributed by atoms with Crippen LogP contribution in [0, 0.1) is 5.82 Å². The summed E-state index contributed by atoms with van der Waals surface area (Å²) >= 11 is 0. The summed E-state index contributed by atoms with van der Waals surface area (Å²) < 4.78 is 12.9. The molecule has 0 unspecified atom stereocenters. The lowest BCUT2D eigenvalue weighted by atomic mass is 10.3. The van der Waals surface area contributed by atoms with Crippen molar-refractivity contribution in [2.24, 2.45) is 0 Å². The zero-order valence-electron chi connectivity index (χ0n) is 10.1. The van der Waals surface area contributed by atoms with E-state index in [1.165, 1.54) is 36.4 Å². The Balaban J connectivity index is 1.99. The molecular weight excluding hydrogens is 265 g/mol. The Morgan fingerprint density at radius 3 is 2.55 bits per heavy atom. The molecule has 1 aromatic carbocycles. The Hall–Kier alpha value is -2.96. The van der Waals surface area contributed by atoms with Crippen LogP contribution >= 0.6 is 0 Å². The van der Waals surface area contributed by atoms with Gasteiger partial charge < -0.3 is 10.4 Å². The number of aromatic carboxylic acids is 1. The Bertz CT molecular complexity index is 644. The minimum atomic E-state index is -1.10. The summed E-state index contributed by atoms with van der Waals surface area (Å²) in [5.41, 5.74) is 0.311. The summed E-state index contributed by atoms with van der Waals surface area (Å²) in [5.74, 6) is -1.39. The molecule has 1 aromatic heterocycles. The van der Waals surface area contributed by atoms with Crippen molar-refractivity contribution in [2.75, 3.05) is 10.6 Å². The molecule has 0 saturated heterocycles. The van der Waals surface area contributed by atoms with Crippen molar-refractivity contribution in [1.29, 1.82) is 0 Å². The summed E-state index contributed by atoms with van der Waals surface area (Å²) in [6, 6.07) is 7.48. The molecule has 0 atom stereocenters. The van der Waals surface area contributed by atoms with Gasteiger partial charge in [0.15, 0.2) is 0 Å². The number of benzene rings is 1. The van der Waals surface area contributed by atoms with E-state index in [1.807, 2.05) is 0 Å². The molecule has 0 aliphatic heterocycles. The Morgan fingerprint density at radius 1 is 1.15 bits per heavy atom. The number of carbonyl (C=O) groups excluding carboxylic acids is 1. The molecule has 1 heterocycles. The molecule has 0 fully saturated rings. The summed E-state index contributed by atoms with van der Waals surface area (Å²) in [6.07, 6.45) is 1.13. The van der Waals surface area contributed by atoms with E-state index in [0.717, 1.165) is 6.20 Å². The van der Waals surface area contributed by atoms with E-state index in [1.54, 1.807) is 0 Å². The Kier molecular flexibility index (Phi) is 3.90. The van der Waals surface area contributed by atoms with Crippen LogP contribution in [-0.2, 0) is 0 Å². The molecule has 6 nitrogen and oxygen atoms in total. The average molecular weight is 275 g/mol. The van der Waals surface area contributed by atoms with Crippen LogP contribution in [0.25, 0.3) is 0 Å². The van der Waals surface area contributed by atoms with Gasteiger partial charge >= 0.3 is 12.0 Å². The van der Waals surface area contributed by atoms with Gasteiger partial charge in [0.25, 0.3) is 0 Å². The smallest absolute Gasteiger partial charge is 0.337 e. The van der Waals surface area contributed by atoms with Gasteiger partial charge in [0.05, 0.1) is 5.56 Å². The van der Waals surface area contributed by atoms with Crippen LogP contribution in [0.1, 0.15) is 10.4 Å². The molecule has 0 spiro atoms. The van der Waals surface area contributed by atoms with E-state index in [0.29, 0.717) is 5.69 Å². The second kappa shape index (κ2) is 5.79. The third kappa shape index (κ3) is 3.52. The van der Waals surface area contributed by atoms with E-state index < -0.39 is 17.8 Å². The molecular formula is C13H10FN3O3.